The molecule has 0 radical (unpaired) electrons. The zero-order valence-corrected chi connectivity index (χ0v) is 15.7. The fraction of sp³-hybridized carbons (Fsp3) is 0.333. The van der Waals surface area contributed by atoms with E-state index in [0.717, 1.165) is 29.7 Å². The van der Waals surface area contributed by atoms with E-state index in [9.17, 15) is 8.78 Å². The first-order valence-electron chi connectivity index (χ1n) is 8.08. The molecule has 2 aromatic heterocycles. The Balaban J connectivity index is 1.89. The number of fused-ring (bicyclic) bond motifs is 1. The van der Waals surface area contributed by atoms with Crippen LogP contribution in [0.3, 0.4) is 0 Å². The van der Waals surface area contributed by atoms with E-state index in [1.807, 2.05) is 18.3 Å². The maximum Gasteiger partial charge on any atom is 0.285 e. The molecular formula is C18H18F2N4S2. The van der Waals surface area contributed by atoms with Gasteiger partial charge in [0.15, 0.2) is 0 Å². The van der Waals surface area contributed by atoms with E-state index in [2.05, 4.69) is 17.6 Å². The van der Waals surface area contributed by atoms with Gasteiger partial charge in [-0.2, -0.15) is 0 Å². The molecule has 3 rings (SSSR count). The molecule has 4 nitrogen and oxygen atoms in total. The summed E-state index contributed by atoms with van der Waals surface area (Å²) in [4.78, 5) is 0.944. The van der Waals surface area contributed by atoms with Gasteiger partial charge in [-0.3, -0.25) is 15.5 Å². The van der Waals surface area contributed by atoms with E-state index in [1.54, 1.807) is 10.5 Å². The highest BCUT2D eigenvalue weighted by Gasteiger charge is 2.40. The lowest BCUT2D eigenvalue weighted by Gasteiger charge is -2.14. The normalized spacial score (nSPS) is 15.2. The van der Waals surface area contributed by atoms with Crippen LogP contribution in [0, 0.1) is 23.2 Å². The van der Waals surface area contributed by atoms with Crippen molar-refractivity contribution in [3.8, 4) is 12.3 Å². The Labute approximate surface area is 159 Å². The monoisotopic (exact) mass is 392 g/mol. The fourth-order valence-electron chi connectivity index (χ4n) is 2.58. The van der Waals surface area contributed by atoms with E-state index in [0.29, 0.717) is 23.0 Å². The Bertz CT molecular complexity index is 910. The second-order valence-electron chi connectivity index (χ2n) is 6.14. The van der Waals surface area contributed by atoms with Gasteiger partial charge in [-0.05, 0) is 61.2 Å². The molecule has 0 atom stereocenters. The number of alkyl halides is 2. The summed E-state index contributed by atoms with van der Waals surface area (Å²) < 4.78 is 30.4. The lowest BCUT2D eigenvalue weighted by molar-refractivity contribution is 0.228. The summed E-state index contributed by atoms with van der Waals surface area (Å²) in [6.45, 7) is 2.16. The molecule has 1 saturated carbocycles. The Morgan fingerprint density at radius 1 is 1.42 bits per heavy atom. The van der Waals surface area contributed by atoms with Crippen molar-refractivity contribution in [3.63, 3.8) is 0 Å². The van der Waals surface area contributed by atoms with Gasteiger partial charge in [-0.25, -0.2) is 8.78 Å². The fourth-order valence-corrected chi connectivity index (χ4v) is 4.13. The van der Waals surface area contributed by atoms with Crippen LogP contribution in [0.5, 0.6) is 0 Å². The van der Waals surface area contributed by atoms with Crippen molar-refractivity contribution in [1.82, 2.24) is 9.12 Å². The maximum atomic E-state index is 12.6. The summed E-state index contributed by atoms with van der Waals surface area (Å²) in [5.41, 5.74) is 1.93. The van der Waals surface area contributed by atoms with Gasteiger partial charge in [0.1, 0.15) is 10.1 Å². The van der Waals surface area contributed by atoms with Crippen LogP contribution < -0.4 is 4.72 Å². The number of pyridine rings is 1. The standard InChI is InChI=1S/C18H18F2N4S2/c1-3-11-9-14(16(21)25-17(22)15(19)20)24-10-12(5-6-13(11)24)26-23-18(4-2)7-8-18/h1,5-6,9-10,15,21-23H,4,7-8H2,2H3. The predicted octanol–water partition coefficient (Wildman–Crippen LogP) is 4.76. The Morgan fingerprint density at radius 2 is 2.15 bits per heavy atom. The third-order valence-corrected chi connectivity index (χ3v) is 6.28. The Kier molecular flexibility index (Phi) is 5.42. The van der Waals surface area contributed by atoms with Gasteiger partial charge in [0.2, 0.25) is 0 Å². The average Bonchev–Trinajstić information content (AvgIpc) is 3.32. The van der Waals surface area contributed by atoms with E-state index >= 15 is 0 Å². The van der Waals surface area contributed by atoms with Gasteiger partial charge in [-0.15, -0.1) is 6.42 Å². The molecule has 0 unspecified atom stereocenters. The van der Waals surface area contributed by atoms with Gasteiger partial charge in [0.25, 0.3) is 6.43 Å². The van der Waals surface area contributed by atoms with Gasteiger partial charge in [0, 0.05) is 16.6 Å². The van der Waals surface area contributed by atoms with Crippen LogP contribution in [0.2, 0.25) is 0 Å². The number of thioether (sulfide) groups is 1. The zero-order chi connectivity index (χ0) is 18.9. The summed E-state index contributed by atoms with van der Waals surface area (Å²) in [7, 11) is 0. The minimum Gasteiger partial charge on any atom is -0.312 e. The second-order valence-corrected chi connectivity index (χ2v) is 8.07. The van der Waals surface area contributed by atoms with E-state index in [1.165, 1.54) is 11.9 Å². The van der Waals surface area contributed by atoms with Crippen LogP contribution >= 0.6 is 23.7 Å². The molecule has 2 aromatic rings. The molecule has 2 heterocycles. The quantitative estimate of drug-likeness (QED) is 0.287. The van der Waals surface area contributed by atoms with Crippen LogP contribution in [0.15, 0.2) is 29.3 Å². The summed E-state index contributed by atoms with van der Waals surface area (Å²) in [6.07, 6.45) is 7.87. The molecule has 0 aromatic carbocycles. The van der Waals surface area contributed by atoms with Crippen molar-refractivity contribution < 1.29 is 8.78 Å². The molecule has 0 bridgehead atoms. The van der Waals surface area contributed by atoms with Gasteiger partial charge in [0.05, 0.1) is 16.8 Å². The first-order valence-corrected chi connectivity index (χ1v) is 9.71. The van der Waals surface area contributed by atoms with E-state index in [4.69, 9.17) is 17.2 Å². The molecule has 0 amide bonds. The first-order chi connectivity index (χ1) is 12.4. The molecule has 0 saturated heterocycles. The lowest BCUT2D eigenvalue weighted by atomic mass is 10.2. The smallest absolute Gasteiger partial charge is 0.285 e. The summed E-state index contributed by atoms with van der Waals surface area (Å²) >= 11 is 1.96. The number of aromatic nitrogens is 1. The summed E-state index contributed by atoms with van der Waals surface area (Å²) in [6, 6.07) is 5.44. The van der Waals surface area contributed by atoms with Gasteiger partial charge in [-0.1, -0.05) is 12.8 Å². The maximum absolute atomic E-state index is 12.6. The van der Waals surface area contributed by atoms with Gasteiger partial charge < -0.3 is 4.40 Å². The number of rotatable bonds is 6. The van der Waals surface area contributed by atoms with Crippen molar-refractivity contribution in [2.75, 3.05) is 0 Å². The second kappa shape index (κ2) is 7.43. The summed E-state index contributed by atoms with van der Waals surface area (Å²) in [5.74, 6) is 2.57. The number of nitrogens with one attached hydrogen (secondary N) is 3. The number of halogens is 2. The molecule has 1 aliphatic rings. The minimum atomic E-state index is -2.89. The number of hydrogen-bond donors (Lipinski definition) is 3. The van der Waals surface area contributed by atoms with Gasteiger partial charge >= 0.3 is 0 Å². The topological polar surface area (TPSA) is 64.1 Å². The zero-order valence-electron chi connectivity index (χ0n) is 14.1. The Morgan fingerprint density at radius 3 is 2.73 bits per heavy atom. The highest BCUT2D eigenvalue weighted by atomic mass is 32.2. The van der Waals surface area contributed by atoms with Crippen molar-refractivity contribution in [1.29, 1.82) is 10.8 Å². The first kappa shape index (κ1) is 19.0. The highest BCUT2D eigenvalue weighted by Crippen LogP contribution is 2.41. The number of nitrogens with zero attached hydrogens (tertiary/aromatic N) is 1. The molecular weight excluding hydrogens is 374 g/mol. The molecule has 26 heavy (non-hydrogen) atoms. The minimum absolute atomic E-state index is 0.130. The van der Waals surface area contributed by atoms with Crippen LogP contribution in [0.4, 0.5) is 8.78 Å². The molecule has 136 valence electrons. The number of hydrogen-bond acceptors (Lipinski definition) is 5. The third kappa shape index (κ3) is 3.80. The largest absolute Gasteiger partial charge is 0.312 e. The van der Waals surface area contributed by atoms with Crippen molar-refractivity contribution in [3.05, 3.63) is 35.7 Å². The van der Waals surface area contributed by atoms with Crippen LogP contribution in [-0.4, -0.2) is 26.5 Å². The van der Waals surface area contributed by atoms with Crippen molar-refractivity contribution >= 4 is 39.3 Å². The van der Waals surface area contributed by atoms with Crippen molar-refractivity contribution in [2.45, 2.75) is 43.0 Å². The SMILES string of the molecule is C#Cc1cc(C(=N)SC(=N)C(F)F)n2cc(SNC3(CC)CC3)ccc12. The third-order valence-electron chi connectivity index (χ3n) is 4.45. The van der Waals surface area contributed by atoms with E-state index in [-0.39, 0.29) is 10.6 Å². The molecule has 3 N–H and O–H groups in total. The van der Waals surface area contributed by atoms with Crippen LogP contribution in [0.25, 0.3) is 5.52 Å². The molecule has 8 heteroatoms. The Hall–Kier alpha value is -1.82. The summed E-state index contributed by atoms with van der Waals surface area (Å²) in [5, 5.41) is 14.4. The predicted molar refractivity (Wildman–Crippen MR) is 105 cm³/mol. The number of terminal acetylenes is 1. The van der Waals surface area contributed by atoms with E-state index < -0.39 is 11.5 Å². The lowest BCUT2D eigenvalue weighted by Crippen LogP contribution is -2.23. The molecule has 0 aliphatic heterocycles. The average molecular weight is 393 g/mol. The molecule has 0 spiro atoms. The van der Waals surface area contributed by atoms with Crippen LogP contribution in [0.1, 0.15) is 37.4 Å². The molecule has 1 aliphatic carbocycles. The van der Waals surface area contributed by atoms with Crippen LogP contribution in [-0.2, 0) is 0 Å². The van der Waals surface area contributed by atoms with Crippen molar-refractivity contribution in [2.24, 2.45) is 0 Å². The highest BCUT2D eigenvalue weighted by molar-refractivity contribution is 8.26. The molecule has 1 fully saturated rings.